The maximum atomic E-state index is 2.38. The SMILES string of the molecule is CCN(CC)CC.[Pd]. The van der Waals surface area contributed by atoms with Crippen molar-refractivity contribution in [2.75, 3.05) is 19.6 Å². The quantitative estimate of drug-likeness (QED) is 0.632. The summed E-state index contributed by atoms with van der Waals surface area (Å²) in [6.45, 7) is 10.1. The first kappa shape index (κ1) is 11.4. The molecule has 8 heavy (non-hydrogen) atoms. The largest absolute Gasteiger partial charge is 0.304 e. The minimum Gasteiger partial charge on any atom is -0.304 e. The summed E-state index contributed by atoms with van der Waals surface area (Å²) in [4.78, 5) is 2.38. The number of hydrogen-bond donors (Lipinski definition) is 0. The zero-order valence-electron chi connectivity index (χ0n) is 5.88. The van der Waals surface area contributed by atoms with Crippen molar-refractivity contribution in [2.24, 2.45) is 0 Å². The third-order valence-electron chi connectivity index (χ3n) is 1.34. The first-order valence-electron chi connectivity index (χ1n) is 3.07. The summed E-state index contributed by atoms with van der Waals surface area (Å²) in [6.07, 6.45) is 0. The van der Waals surface area contributed by atoms with Gasteiger partial charge in [0, 0.05) is 20.4 Å². The van der Waals surface area contributed by atoms with Gasteiger partial charge < -0.3 is 4.90 Å². The van der Waals surface area contributed by atoms with Gasteiger partial charge in [-0.25, -0.2) is 0 Å². The van der Waals surface area contributed by atoms with Crippen LogP contribution >= 0.6 is 0 Å². The van der Waals surface area contributed by atoms with Gasteiger partial charge in [0.15, 0.2) is 0 Å². The van der Waals surface area contributed by atoms with Crippen molar-refractivity contribution in [3.05, 3.63) is 0 Å². The Balaban J connectivity index is 0. The van der Waals surface area contributed by atoms with Crippen LogP contribution in [0, 0.1) is 0 Å². The van der Waals surface area contributed by atoms with E-state index in [2.05, 4.69) is 25.7 Å². The molecule has 0 heterocycles. The second-order valence-corrected chi connectivity index (χ2v) is 1.62. The molecule has 54 valence electrons. The molecule has 0 saturated heterocycles. The molecule has 0 aromatic rings. The van der Waals surface area contributed by atoms with Gasteiger partial charge in [0.25, 0.3) is 0 Å². The Kier molecular flexibility index (Phi) is 10.9. The number of nitrogens with zero attached hydrogens (tertiary/aromatic N) is 1. The van der Waals surface area contributed by atoms with E-state index in [1.165, 1.54) is 19.6 Å². The average Bonchev–Trinajstić information content (AvgIpc) is 1.72. The van der Waals surface area contributed by atoms with Crippen molar-refractivity contribution in [1.29, 1.82) is 0 Å². The minimum atomic E-state index is 0. The summed E-state index contributed by atoms with van der Waals surface area (Å²) in [6, 6.07) is 0. The van der Waals surface area contributed by atoms with Crippen molar-refractivity contribution in [2.45, 2.75) is 20.8 Å². The fourth-order valence-corrected chi connectivity index (χ4v) is 0.671. The van der Waals surface area contributed by atoms with Gasteiger partial charge in [-0.15, -0.1) is 0 Å². The molecule has 0 aromatic carbocycles. The number of rotatable bonds is 3. The van der Waals surface area contributed by atoms with Crippen LogP contribution in [0.25, 0.3) is 0 Å². The van der Waals surface area contributed by atoms with Crippen LogP contribution in [0.1, 0.15) is 20.8 Å². The van der Waals surface area contributed by atoms with E-state index in [1.807, 2.05) is 0 Å². The summed E-state index contributed by atoms with van der Waals surface area (Å²) >= 11 is 0. The fourth-order valence-electron chi connectivity index (χ4n) is 0.671. The van der Waals surface area contributed by atoms with Gasteiger partial charge >= 0.3 is 0 Å². The smallest absolute Gasteiger partial charge is 0 e. The Morgan fingerprint density at radius 3 is 1.12 bits per heavy atom. The molecule has 2 heteroatoms. The molecule has 0 fully saturated rings. The molecule has 0 rings (SSSR count). The standard InChI is InChI=1S/C6H15N.Pd/c1-4-7(5-2)6-3;/h4-6H2,1-3H3;. The van der Waals surface area contributed by atoms with Crippen molar-refractivity contribution < 1.29 is 20.4 Å². The summed E-state index contributed by atoms with van der Waals surface area (Å²) in [5, 5.41) is 0. The molecule has 0 bridgehead atoms. The summed E-state index contributed by atoms with van der Waals surface area (Å²) in [7, 11) is 0. The Morgan fingerprint density at radius 1 is 0.875 bits per heavy atom. The molecule has 0 atom stereocenters. The van der Waals surface area contributed by atoms with Gasteiger partial charge in [-0.05, 0) is 19.6 Å². The fraction of sp³-hybridized carbons (Fsp3) is 1.00. The zero-order chi connectivity index (χ0) is 5.70. The third-order valence-corrected chi connectivity index (χ3v) is 1.34. The minimum absolute atomic E-state index is 0. The molecule has 0 radical (unpaired) electrons. The van der Waals surface area contributed by atoms with Crippen molar-refractivity contribution in [1.82, 2.24) is 4.90 Å². The van der Waals surface area contributed by atoms with Crippen molar-refractivity contribution in [3.8, 4) is 0 Å². The Bertz CT molecular complexity index is 30.0. The summed E-state index contributed by atoms with van der Waals surface area (Å²) in [5.74, 6) is 0. The molecular formula is C6H15NPd. The summed E-state index contributed by atoms with van der Waals surface area (Å²) < 4.78 is 0. The molecule has 0 amide bonds. The van der Waals surface area contributed by atoms with Gasteiger partial charge in [0.2, 0.25) is 0 Å². The van der Waals surface area contributed by atoms with E-state index in [-0.39, 0.29) is 20.4 Å². The van der Waals surface area contributed by atoms with Crippen LogP contribution in [-0.2, 0) is 20.4 Å². The van der Waals surface area contributed by atoms with Gasteiger partial charge in [0.1, 0.15) is 0 Å². The van der Waals surface area contributed by atoms with Gasteiger partial charge in [0.05, 0.1) is 0 Å². The maximum absolute atomic E-state index is 2.38. The van der Waals surface area contributed by atoms with Crippen molar-refractivity contribution >= 4 is 0 Å². The predicted molar refractivity (Wildman–Crippen MR) is 33.5 cm³/mol. The normalized spacial score (nSPS) is 9.00. The molecule has 0 aliphatic heterocycles. The predicted octanol–water partition coefficient (Wildman–Crippen LogP) is 1.35. The van der Waals surface area contributed by atoms with Crippen LogP contribution in [-0.4, -0.2) is 24.5 Å². The Hall–Kier alpha value is 0.622. The van der Waals surface area contributed by atoms with E-state index in [0.29, 0.717) is 0 Å². The van der Waals surface area contributed by atoms with Crippen LogP contribution < -0.4 is 0 Å². The Labute approximate surface area is 66.1 Å². The molecule has 1 nitrogen and oxygen atoms in total. The van der Waals surface area contributed by atoms with Crippen LogP contribution in [0.4, 0.5) is 0 Å². The second kappa shape index (κ2) is 7.62. The molecule has 0 N–H and O–H groups in total. The van der Waals surface area contributed by atoms with E-state index in [9.17, 15) is 0 Å². The molecule has 0 unspecified atom stereocenters. The maximum Gasteiger partial charge on any atom is 0 e. The molecule has 0 aromatic heterocycles. The molecule has 0 aliphatic carbocycles. The average molecular weight is 208 g/mol. The van der Waals surface area contributed by atoms with Crippen LogP contribution in [0.5, 0.6) is 0 Å². The first-order valence-corrected chi connectivity index (χ1v) is 3.07. The molecular weight excluding hydrogens is 192 g/mol. The molecule has 0 spiro atoms. The first-order chi connectivity index (χ1) is 3.35. The van der Waals surface area contributed by atoms with Crippen molar-refractivity contribution in [3.63, 3.8) is 0 Å². The van der Waals surface area contributed by atoms with Crippen LogP contribution in [0.2, 0.25) is 0 Å². The topological polar surface area (TPSA) is 3.24 Å². The van der Waals surface area contributed by atoms with E-state index in [4.69, 9.17) is 0 Å². The van der Waals surface area contributed by atoms with Crippen LogP contribution in [0.3, 0.4) is 0 Å². The van der Waals surface area contributed by atoms with E-state index in [0.717, 1.165) is 0 Å². The van der Waals surface area contributed by atoms with E-state index >= 15 is 0 Å². The van der Waals surface area contributed by atoms with Crippen LogP contribution in [0.15, 0.2) is 0 Å². The molecule has 0 saturated carbocycles. The summed E-state index contributed by atoms with van der Waals surface area (Å²) in [5.41, 5.74) is 0. The molecule has 0 aliphatic rings. The third kappa shape index (κ3) is 4.77. The second-order valence-electron chi connectivity index (χ2n) is 1.62. The monoisotopic (exact) mass is 207 g/mol. The van der Waals surface area contributed by atoms with Gasteiger partial charge in [-0.3, -0.25) is 0 Å². The van der Waals surface area contributed by atoms with E-state index < -0.39 is 0 Å². The Morgan fingerprint density at radius 2 is 1.12 bits per heavy atom. The number of hydrogen-bond acceptors (Lipinski definition) is 1. The zero-order valence-corrected chi connectivity index (χ0v) is 7.44. The van der Waals surface area contributed by atoms with Gasteiger partial charge in [-0.2, -0.15) is 0 Å². The van der Waals surface area contributed by atoms with Gasteiger partial charge in [-0.1, -0.05) is 20.8 Å². The van der Waals surface area contributed by atoms with E-state index in [1.54, 1.807) is 0 Å².